The monoisotopic (exact) mass is 503 g/mol. The molecule has 10 heteroatoms. The van der Waals surface area contributed by atoms with E-state index >= 15 is 0 Å². The van der Waals surface area contributed by atoms with Crippen molar-refractivity contribution in [2.75, 3.05) is 10.7 Å². The van der Waals surface area contributed by atoms with E-state index in [9.17, 15) is 4.39 Å². The molecule has 8 nitrogen and oxygen atoms in total. The minimum Gasteiger partial charge on any atom is -0.487 e. The maximum atomic E-state index is 13.4. The first-order valence-corrected chi connectivity index (χ1v) is 11.6. The molecular weight excluding hydrogens is 481 g/mol. The number of ether oxygens (including phenoxy) is 1. The number of anilines is 3. The van der Waals surface area contributed by atoms with Crippen molar-refractivity contribution in [3.8, 4) is 5.75 Å². The second kappa shape index (κ2) is 10.6. The van der Waals surface area contributed by atoms with E-state index in [1.807, 2.05) is 42.1 Å². The summed E-state index contributed by atoms with van der Waals surface area (Å²) in [6.45, 7) is 0.785. The topological polar surface area (TPSA) is 88.9 Å². The van der Waals surface area contributed by atoms with Crippen LogP contribution < -0.4 is 20.9 Å². The Morgan fingerprint density at radius 1 is 1.00 bits per heavy atom. The lowest BCUT2D eigenvalue weighted by Gasteiger charge is -2.13. The average molecular weight is 504 g/mol. The summed E-state index contributed by atoms with van der Waals surface area (Å²) in [5.41, 5.74) is 9.59. The fourth-order valence-corrected chi connectivity index (χ4v) is 3.88. The molecule has 0 saturated heterocycles. The van der Waals surface area contributed by atoms with Gasteiger partial charge in [0.2, 0.25) is 5.95 Å². The van der Waals surface area contributed by atoms with E-state index < -0.39 is 0 Å². The van der Waals surface area contributed by atoms with Crippen LogP contribution in [0.5, 0.6) is 5.75 Å². The number of imidazole rings is 1. The molecule has 5 aromatic rings. The molecule has 0 fully saturated rings. The summed E-state index contributed by atoms with van der Waals surface area (Å²) in [5.74, 6) is 1.58. The predicted molar refractivity (Wildman–Crippen MR) is 139 cm³/mol. The third-order valence-electron chi connectivity index (χ3n) is 5.49. The van der Waals surface area contributed by atoms with E-state index in [0.29, 0.717) is 23.1 Å². The summed E-state index contributed by atoms with van der Waals surface area (Å²) in [6.07, 6.45) is 5.11. The van der Waals surface area contributed by atoms with Crippen LogP contribution in [0, 0.1) is 5.82 Å². The zero-order valence-corrected chi connectivity index (χ0v) is 20.1. The largest absolute Gasteiger partial charge is 0.487 e. The molecule has 0 radical (unpaired) electrons. The second-order valence-corrected chi connectivity index (χ2v) is 8.51. The Labute approximate surface area is 212 Å². The Balaban J connectivity index is 1.28. The number of hydrogen-bond acceptors (Lipinski definition) is 7. The Kier molecular flexibility index (Phi) is 6.92. The maximum Gasteiger partial charge on any atom is 0.217 e. The summed E-state index contributed by atoms with van der Waals surface area (Å²) in [5, 5.41) is 4.62. The van der Waals surface area contributed by atoms with E-state index in [0.717, 1.165) is 33.7 Å². The Morgan fingerprint density at radius 2 is 1.92 bits per heavy atom. The van der Waals surface area contributed by atoms with Gasteiger partial charge in [-0.15, -0.1) is 0 Å². The lowest BCUT2D eigenvalue weighted by atomic mass is 10.1. The number of benzene rings is 3. The molecule has 3 aromatic carbocycles. The molecule has 0 spiro atoms. The molecule has 0 aliphatic carbocycles. The highest BCUT2D eigenvalue weighted by Gasteiger charge is 2.09. The summed E-state index contributed by atoms with van der Waals surface area (Å²) in [4.78, 5) is 13.0. The molecule has 0 aliphatic heterocycles. The van der Waals surface area contributed by atoms with Gasteiger partial charge in [0.1, 0.15) is 30.3 Å². The zero-order chi connectivity index (χ0) is 24.9. The number of nitrogens with zero attached hydrogens (tertiary/aromatic N) is 4. The molecular formula is C26H23ClFN7O. The summed E-state index contributed by atoms with van der Waals surface area (Å²) in [7, 11) is 1.91. The van der Waals surface area contributed by atoms with Crippen LogP contribution in [-0.2, 0) is 20.2 Å². The van der Waals surface area contributed by atoms with Gasteiger partial charge in [-0.05, 0) is 53.6 Å². The van der Waals surface area contributed by atoms with Crippen molar-refractivity contribution < 1.29 is 9.13 Å². The highest BCUT2D eigenvalue weighted by molar-refractivity contribution is 6.32. The van der Waals surface area contributed by atoms with E-state index in [-0.39, 0.29) is 12.4 Å². The minimum absolute atomic E-state index is 0.215. The standard InChI is InChI=1S/C26H23ClFN7O/c1-35-10-9-29-26(35)34-32-14-17-5-7-23-21(12-17)25(31-16-30-23)33-20-6-8-24(22(27)13-20)36-15-18-3-2-4-19(28)11-18/h2-13,16,32H,14-15H2,1H3,(H,29,34)(H,30,31,33). The lowest BCUT2D eigenvalue weighted by molar-refractivity contribution is 0.306. The van der Waals surface area contributed by atoms with Gasteiger partial charge in [0, 0.05) is 37.1 Å². The van der Waals surface area contributed by atoms with Gasteiger partial charge in [0.05, 0.1) is 10.5 Å². The molecule has 2 aromatic heterocycles. The molecule has 0 saturated carbocycles. The van der Waals surface area contributed by atoms with E-state index in [1.54, 1.807) is 30.5 Å². The first-order chi connectivity index (χ1) is 17.5. The quantitative estimate of drug-likeness (QED) is 0.226. The highest BCUT2D eigenvalue weighted by Crippen LogP contribution is 2.31. The molecule has 0 atom stereocenters. The van der Waals surface area contributed by atoms with Gasteiger partial charge in [-0.25, -0.2) is 24.8 Å². The number of nitrogens with one attached hydrogen (secondary N) is 3. The van der Waals surface area contributed by atoms with Crippen molar-refractivity contribution in [3.05, 3.63) is 101 Å². The molecule has 2 heterocycles. The lowest BCUT2D eigenvalue weighted by Crippen LogP contribution is -2.23. The van der Waals surface area contributed by atoms with Crippen LogP contribution in [0.25, 0.3) is 10.9 Å². The Hall–Kier alpha value is -4.21. The van der Waals surface area contributed by atoms with Gasteiger partial charge < -0.3 is 14.6 Å². The summed E-state index contributed by atoms with van der Waals surface area (Å²) < 4.78 is 21.0. The normalized spacial score (nSPS) is 11.0. The van der Waals surface area contributed by atoms with Gasteiger partial charge in [-0.3, -0.25) is 5.43 Å². The van der Waals surface area contributed by atoms with Crippen molar-refractivity contribution in [1.82, 2.24) is 24.9 Å². The number of hydrazine groups is 1. The molecule has 0 bridgehead atoms. The van der Waals surface area contributed by atoms with Crippen LogP contribution in [-0.4, -0.2) is 19.5 Å². The van der Waals surface area contributed by atoms with Crippen molar-refractivity contribution in [1.29, 1.82) is 0 Å². The van der Waals surface area contributed by atoms with Crippen molar-refractivity contribution in [2.24, 2.45) is 7.05 Å². The number of halogens is 2. The maximum absolute atomic E-state index is 13.4. The fourth-order valence-electron chi connectivity index (χ4n) is 3.64. The van der Waals surface area contributed by atoms with Gasteiger partial charge >= 0.3 is 0 Å². The molecule has 3 N–H and O–H groups in total. The van der Waals surface area contributed by atoms with Crippen LogP contribution in [0.3, 0.4) is 0 Å². The smallest absolute Gasteiger partial charge is 0.217 e. The third kappa shape index (κ3) is 5.54. The highest BCUT2D eigenvalue weighted by atomic mass is 35.5. The van der Waals surface area contributed by atoms with Gasteiger partial charge in [0.25, 0.3) is 0 Å². The predicted octanol–water partition coefficient (Wildman–Crippen LogP) is 5.60. The van der Waals surface area contributed by atoms with Gasteiger partial charge in [0.15, 0.2) is 0 Å². The average Bonchev–Trinajstić information content (AvgIpc) is 3.28. The van der Waals surface area contributed by atoms with Crippen molar-refractivity contribution >= 4 is 40.0 Å². The number of hydrogen-bond donors (Lipinski definition) is 3. The Bertz CT molecular complexity index is 1510. The van der Waals surface area contributed by atoms with E-state index in [2.05, 4.69) is 31.1 Å². The molecule has 0 amide bonds. The number of aromatic nitrogens is 4. The van der Waals surface area contributed by atoms with Crippen LogP contribution in [0.15, 0.2) is 79.4 Å². The molecule has 5 rings (SSSR count). The SMILES string of the molecule is Cn1ccnc1NNCc1ccc2ncnc(Nc3ccc(OCc4cccc(F)c4)c(Cl)c3)c2c1. The summed E-state index contributed by atoms with van der Waals surface area (Å²) in [6, 6.07) is 17.6. The van der Waals surface area contributed by atoms with Crippen LogP contribution in [0.1, 0.15) is 11.1 Å². The Morgan fingerprint density at radius 3 is 2.72 bits per heavy atom. The van der Waals surface area contributed by atoms with Crippen LogP contribution in [0.2, 0.25) is 5.02 Å². The molecule has 182 valence electrons. The van der Waals surface area contributed by atoms with E-state index in [1.165, 1.54) is 18.5 Å². The zero-order valence-electron chi connectivity index (χ0n) is 19.4. The molecule has 0 unspecified atom stereocenters. The third-order valence-corrected chi connectivity index (χ3v) is 5.79. The number of aryl methyl sites for hydroxylation is 1. The van der Waals surface area contributed by atoms with E-state index in [4.69, 9.17) is 16.3 Å². The fraction of sp³-hybridized carbons (Fsp3) is 0.115. The van der Waals surface area contributed by atoms with Gasteiger partial charge in [-0.1, -0.05) is 29.8 Å². The van der Waals surface area contributed by atoms with Crippen molar-refractivity contribution in [3.63, 3.8) is 0 Å². The van der Waals surface area contributed by atoms with Crippen LogP contribution >= 0.6 is 11.6 Å². The number of rotatable bonds is 9. The van der Waals surface area contributed by atoms with Crippen molar-refractivity contribution in [2.45, 2.75) is 13.2 Å². The van der Waals surface area contributed by atoms with Crippen LogP contribution in [0.4, 0.5) is 21.8 Å². The molecule has 36 heavy (non-hydrogen) atoms. The first-order valence-electron chi connectivity index (χ1n) is 11.2. The second-order valence-electron chi connectivity index (χ2n) is 8.10. The minimum atomic E-state index is -0.304. The number of fused-ring (bicyclic) bond motifs is 1. The first kappa shape index (κ1) is 23.5. The molecule has 0 aliphatic rings. The van der Waals surface area contributed by atoms with Gasteiger partial charge in [-0.2, -0.15) is 0 Å². The summed E-state index contributed by atoms with van der Waals surface area (Å²) >= 11 is 6.45.